The first-order valence-corrected chi connectivity index (χ1v) is 24.4. The molecule has 0 saturated heterocycles. The van der Waals surface area contributed by atoms with Crippen LogP contribution < -0.4 is 4.89 Å². The second-order valence-corrected chi connectivity index (χ2v) is 18.2. The van der Waals surface area contributed by atoms with Gasteiger partial charge in [0.1, 0.15) is 19.8 Å². The summed E-state index contributed by atoms with van der Waals surface area (Å²) in [5.41, 5.74) is 0. The van der Waals surface area contributed by atoms with Gasteiger partial charge < -0.3 is 27.9 Å². The zero-order chi connectivity index (χ0) is 40.7. The number of carbonyl (C=O) groups is 2. The Balaban J connectivity index is 4.30. The normalized spacial score (nSPS) is 13.6. The van der Waals surface area contributed by atoms with Crippen molar-refractivity contribution in [2.24, 2.45) is 0 Å². The van der Waals surface area contributed by atoms with E-state index in [1.807, 2.05) is 21.1 Å². The molecule has 55 heavy (non-hydrogen) atoms. The van der Waals surface area contributed by atoms with Gasteiger partial charge in [-0.05, 0) is 38.5 Å². The fraction of sp³-hybridized carbons (Fsp3) is 0.911. The van der Waals surface area contributed by atoms with Gasteiger partial charge in [0.25, 0.3) is 7.82 Å². The molecule has 0 saturated carbocycles. The standard InChI is InChI=1S/C45H88NO8P/c1-6-8-10-12-14-16-18-20-22-23-24-26-27-29-31-33-35-37-44(47)51-41-43(42-53-55(49,50)52-40-39-46(3,4)5)54-45(48)38-36-34-32-30-28-25-21-19-17-15-13-11-9-7-2/h20,22,43H,6-19,21,23-42H2,1-5H3/b22-20-/t43-/m1/s1. The number of esters is 2. The lowest BCUT2D eigenvalue weighted by Gasteiger charge is -2.28. The van der Waals surface area contributed by atoms with Crippen LogP contribution in [0.1, 0.15) is 213 Å². The van der Waals surface area contributed by atoms with E-state index in [2.05, 4.69) is 26.0 Å². The van der Waals surface area contributed by atoms with E-state index in [0.717, 1.165) is 38.5 Å². The van der Waals surface area contributed by atoms with Crippen LogP contribution in [0.5, 0.6) is 0 Å². The number of hydrogen-bond acceptors (Lipinski definition) is 8. The number of nitrogens with zero attached hydrogens (tertiary/aromatic N) is 1. The van der Waals surface area contributed by atoms with Crippen molar-refractivity contribution in [3.05, 3.63) is 12.2 Å². The van der Waals surface area contributed by atoms with Crippen LogP contribution >= 0.6 is 7.82 Å². The Kier molecular flexibility index (Phi) is 37.4. The van der Waals surface area contributed by atoms with E-state index in [0.29, 0.717) is 17.4 Å². The van der Waals surface area contributed by atoms with Crippen molar-refractivity contribution in [3.8, 4) is 0 Å². The minimum absolute atomic E-state index is 0.0282. The summed E-state index contributed by atoms with van der Waals surface area (Å²) in [5.74, 6) is -0.829. The van der Waals surface area contributed by atoms with E-state index in [1.54, 1.807) is 0 Å². The van der Waals surface area contributed by atoms with Crippen LogP contribution in [-0.4, -0.2) is 70.0 Å². The number of phosphoric acid groups is 1. The van der Waals surface area contributed by atoms with Crippen molar-refractivity contribution in [3.63, 3.8) is 0 Å². The summed E-state index contributed by atoms with van der Waals surface area (Å²) in [6.07, 6.45) is 39.4. The largest absolute Gasteiger partial charge is 0.756 e. The van der Waals surface area contributed by atoms with Crippen molar-refractivity contribution in [1.82, 2.24) is 0 Å². The lowest BCUT2D eigenvalue weighted by molar-refractivity contribution is -0.870. The third kappa shape index (κ3) is 42.2. The molecule has 0 amide bonds. The van der Waals surface area contributed by atoms with Crippen molar-refractivity contribution < 1.29 is 42.1 Å². The Morgan fingerprint density at radius 1 is 0.545 bits per heavy atom. The van der Waals surface area contributed by atoms with E-state index >= 15 is 0 Å². The monoisotopic (exact) mass is 802 g/mol. The van der Waals surface area contributed by atoms with E-state index < -0.39 is 26.5 Å². The van der Waals surface area contributed by atoms with Crippen LogP contribution in [0.15, 0.2) is 12.2 Å². The number of carbonyl (C=O) groups excluding carboxylic acids is 2. The van der Waals surface area contributed by atoms with Gasteiger partial charge in [-0.15, -0.1) is 0 Å². The van der Waals surface area contributed by atoms with Crippen LogP contribution in [0.4, 0.5) is 0 Å². The van der Waals surface area contributed by atoms with Crippen LogP contribution in [-0.2, 0) is 32.7 Å². The Hall–Kier alpha value is -1.25. The van der Waals surface area contributed by atoms with Gasteiger partial charge in [-0.25, -0.2) is 0 Å². The van der Waals surface area contributed by atoms with E-state index in [4.69, 9.17) is 18.5 Å². The van der Waals surface area contributed by atoms with Gasteiger partial charge in [0.05, 0.1) is 27.7 Å². The number of unbranched alkanes of at least 4 members (excludes halogenated alkanes) is 26. The first-order chi connectivity index (χ1) is 26.5. The smallest absolute Gasteiger partial charge is 0.306 e. The van der Waals surface area contributed by atoms with Crippen LogP contribution in [0.3, 0.4) is 0 Å². The minimum atomic E-state index is -4.62. The highest BCUT2D eigenvalue weighted by molar-refractivity contribution is 7.45. The predicted molar refractivity (Wildman–Crippen MR) is 227 cm³/mol. The predicted octanol–water partition coefficient (Wildman–Crippen LogP) is 12.3. The Morgan fingerprint density at radius 2 is 0.927 bits per heavy atom. The second kappa shape index (κ2) is 38.3. The highest BCUT2D eigenvalue weighted by atomic mass is 31.2. The fourth-order valence-corrected chi connectivity index (χ4v) is 7.14. The summed E-state index contributed by atoms with van der Waals surface area (Å²) >= 11 is 0. The maximum atomic E-state index is 12.7. The van der Waals surface area contributed by atoms with Gasteiger partial charge in [0.2, 0.25) is 0 Å². The lowest BCUT2D eigenvalue weighted by atomic mass is 10.0. The molecule has 0 aromatic heterocycles. The third-order valence-electron chi connectivity index (χ3n) is 10.0. The second-order valence-electron chi connectivity index (χ2n) is 16.8. The average Bonchev–Trinajstić information content (AvgIpc) is 3.13. The highest BCUT2D eigenvalue weighted by Crippen LogP contribution is 2.38. The van der Waals surface area contributed by atoms with E-state index in [1.165, 1.54) is 141 Å². The van der Waals surface area contributed by atoms with Crippen LogP contribution in [0, 0.1) is 0 Å². The number of rotatable bonds is 42. The van der Waals surface area contributed by atoms with Crippen LogP contribution in [0.25, 0.3) is 0 Å². The summed E-state index contributed by atoms with van der Waals surface area (Å²) in [4.78, 5) is 37.5. The maximum absolute atomic E-state index is 12.7. The van der Waals surface area contributed by atoms with Gasteiger partial charge in [0.15, 0.2) is 6.10 Å². The zero-order valence-corrected chi connectivity index (χ0v) is 37.5. The Bertz CT molecular complexity index is 954. The molecular formula is C45H88NO8P. The lowest BCUT2D eigenvalue weighted by Crippen LogP contribution is -2.37. The van der Waals surface area contributed by atoms with E-state index in [-0.39, 0.29) is 32.0 Å². The van der Waals surface area contributed by atoms with Gasteiger partial charge >= 0.3 is 11.9 Å². The molecule has 10 heteroatoms. The maximum Gasteiger partial charge on any atom is 0.306 e. The minimum Gasteiger partial charge on any atom is -0.756 e. The van der Waals surface area contributed by atoms with Gasteiger partial charge in [-0.2, -0.15) is 0 Å². The number of hydrogen-bond donors (Lipinski definition) is 0. The van der Waals surface area contributed by atoms with Crippen molar-refractivity contribution in [1.29, 1.82) is 0 Å². The molecule has 9 nitrogen and oxygen atoms in total. The van der Waals surface area contributed by atoms with Crippen LogP contribution in [0.2, 0.25) is 0 Å². The van der Waals surface area contributed by atoms with Gasteiger partial charge in [-0.1, -0.05) is 174 Å². The van der Waals surface area contributed by atoms with Crippen molar-refractivity contribution in [2.75, 3.05) is 47.5 Å². The molecule has 0 spiro atoms. The fourth-order valence-electron chi connectivity index (χ4n) is 6.41. The first-order valence-electron chi connectivity index (χ1n) is 22.9. The molecule has 0 aliphatic carbocycles. The molecule has 0 N–H and O–H groups in total. The Labute approximate surface area is 339 Å². The van der Waals surface area contributed by atoms with Crippen molar-refractivity contribution >= 4 is 19.8 Å². The highest BCUT2D eigenvalue weighted by Gasteiger charge is 2.21. The number of ether oxygens (including phenoxy) is 2. The number of phosphoric ester groups is 1. The summed E-state index contributed by atoms with van der Waals surface area (Å²) in [7, 11) is 1.17. The van der Waals surface area contributed by atoms with Gasteiger partial charge in [0, 0.05) is 12.8 Å². The quantitative estimate of drug-likeness (QED) is 0.0197. The topological polar surface area (TPSA) is 111 Å². The summed E-state index contributed by atoms with van der Waals surface area (Å²) in [6, 6.07) is 0. The van der Waals surface area contributed by atoms with E-state index in [9.17, 15) is 19.0 Å². The molecule has 0 heterocycles. The van der Waals surface area contributed by atoms with Crippen molar-refractivity contribution in [2.45, 2.75) is 219 Å². The van der Waals surface area contributed by atoms with Gasteiger partial charge in [-0.3, -0.25) is 14.2 Å². The molecule has 0 aliphatic heterocycles. The summed E-state index contributed by atoms with van der Waals surface area (Å²) in [5, 5.41) is 0. The number of quaternary nitrogens is 1. The summed E-state index contributed by atoms with van der Waals surface area (Å²) in [6.45, 7) is 4.24. The number of likely N-dealkylation sites (N-methyl/N-ethyl adjacent to an activating group) is 1. The summed E-state index contributed by atoms with van der Waals surface area (Å²) < 4.78 is 33.9. The molecule has 326 valence electrons. The molecule has 0 bridgehead atoms. The third-order valence-corrected chi connectivity index (χ3v) is 11.0. The molecule has 0 aliphatic rings. The SMILES string of the molecule is CCCCCCCC/C=C\CCCCCCCCCC(=O)OC[C@H](COP(=O)([O-])OCC[N+](C)(C)C)OC(=O)CCCCCCCCCCCCCCCC. The zero-order valence-electron chi connectivity index (χ0n) is 36.6. The molecule has 2 atom stereocenters. The Morgan fingerprint density at radius 3 is 1.35 bits per heavy atom. The number of allylic oxidation sites excluding steroid dienone is 2. The molecule has 0 radical (unpaired) electrons. The molecule has 0 aromatic carbocycles. The molecule has 0 aromatic rings. The molecular weight excluding hydrogens is 713 g/mol. The molecule has 0 fully saturated rings. The average molecular weight is 802 g/mol. The first kappa shape index (κ1) is 53.8. The molecule has 1 unspecified atom stereocenters. The molecule has 0 rings (SSSR count).